The van der Waals surface area contributed by atoms with Crippen molar-refractivity contribution < 1.29 is 9.53 Å². The standard InChI is InChI=1S/C9H20N4O2/c1-9(2,3)15-8(14)12-6-4-5-7(12)13(10)11/h7H,4-6,10-11H2,1-3H3/t7-/m0/s1. The Kier molecular flexibility index (Phi) is 3.54. The number of nitrogens with zero attached hydrogens (tertiary/aromatic N) is 2. The first-order chi connectivity index (χ1) is 6.81. The highest BCUT2D eigenvalue weighted by Gasteiger charge is 2.33. The minimum atomic E-state index is -0.488. The van der Waals surface area contributed by atoms with E-state index in [2.05, 4.69) is 0 Å². The third kappa shape index (κ3) is 3.33. The van der Waals surface area contributed by atoms with Crippen LogP contribution in [0.1, 0.15) is 33.6 Å². The smallest absolute Gasteiger partial charge is 0.411 e. The molecule has 88 valence electrons. The zero-order chi connectivity index (χ0) is 11.6. The van der Waals surface area contributed by atoms with E-state index in [-0.39, 0.29) is 12.3 Å². The molecule has 0 radical (unpaired) electrons. The summed E-state index contributed by atoms with van der Waals surface area (Å²) in [6, 6.07) is 0. The van der Waals surface area contributed by atoms with E-state index >= 15 is 0 Å². The monoisotopic (exact) mass is 216 g/mol. The van der Waals surface area contributed by atoms with Crippen LogP contribution in [0, 0.1) is 0 Å². The highest BCUT2D eigenvalue weighted by Crippen LogP contribution is 2.20. The van der Waals surface area contributed by atoms with Crippen molar-refractivity contribution in [2.75, 3.05) is 6.54 Å². The van der Waals surface area contributed by atoms with Gasteiger partial charge in [-0.2, -0.15) is 5.12 Å². The van der Waals surface area contributed by atoms with E-state index in [1.165, 1.54) is 0 Å². The lowest BCUT2D eigenvalue weighted by molar-refractivity contribution is 0.0000578. The lowest BCUT2D eigenvalue weighted by Crippen LogP contribution is -2.55. The summed E-state index contributed by atoms with van der Waals surface area (Å²) in [6.45, 7) is 6.14. The van der Waals surface area contributed by atoms with E-state index in [1.54, 1.807) is 4.90 Å². The van der Waals surface area contributed by atoms with Crippen molar-refractivity contribution in [3.05, 3.63) is 0 Å². The molecule has 1 amide bonds. The summed E-state index contributed by atoms with van der Waals surface area (Å²) in [4.78, 5) is 13.3. The number of amides is 1. The van der Waals surface area contributed by atoms with Gasteiger partial charge in [0.25, 0.3) is 0 Å². The van der Waals surface area contributed by atoms with Gasteiger partial charge in [0.05, 0.1) is 0 Å². The van der Waals surface area contributed by atoms with Crippen molar-refractivity contribution in [2.24, 2.45) is 11.7 Å². The molecule has 1 atom stereocenters. The Morgan fingerprint density at radius 1 is 1.47 bits per heavy atom. The quantitative estimate of drug-likeness (QED) is 0.489. The lowest BCUT2D eigenvalue weighted by atomic mass is 10.2. The minimum absolute atomic E-state index is 0.250. The lowest BCUT2D eigenvalue weighted by Gasteiger charge is -2.30. The van der Waals surface area contributed by atoms with E-state index in [1.807, 2.05) is 20.8 Å². The zero-order valence-corrected chi connectivity index (χ0v) is 9.56. The van der Waals surface area contributed by atoms with Gasteiger partial charge in [-0.05, 0) is 33.6 Å². The van der Waals surface area contributed by atoms with Crippen molar-refractivity contribution >= 4 is 6.09 Å². The molecule has 6 heteroatoms. The maximum atomic E-state index is 11.7. The van der Waals surface area contributed by atoms with E-state index in [0.717, 1.165) is 18.0 Å². The molecule has 15 heavy (non-hydrogen) atoms. The zero-order valence-electron chi connectivity index (χ0n) is 9.56. The molecule has 0 unspecified atom stereocenters. The van der Waals surface area contributed by atoms with Gasteiger partial charge in [-0.25, -0.2) is 4.79 Å². The molecule has 1 aliphatic rings. The number of hydrogen-bond donors (Lipinski definition) is 2. The Bertz CT molecular complexity index is 237. The third-order valence-corrected chi connectivity index (χ3v) is 2.19. The molecule has 1 saturated heterocycles. The Labute approximate surface area is 90.1 Å². The van der Waals surface area contributed by atoms with Crippen LogP contribution in [0.2, 0.25) is 0 Å². The molecule has 0 spiro atoms. The third-order valence-electron chi connectivity index (χ3n) is 2.19. The van der Waals surface area contributed by atoms with Crippen molar-refractivity contribution in [1.82, 2.24) is 10.0 Å². The molecule has 0 aliphatic carbocycles. The van der Waals surface area contributed by atoms with Crippen LogP contribution in [0.25, 0.3) is 0 Å². The van der Waals surface area contributed by atoms with Crippen LogP contribution in [-0.2, 0) is 4.74 Å². The van der Waals surface area contributed by atoms with Crippen molar-refractivity contribution in [2.45, 2.75) is 45.4 Å². The summed E-state index contributed by atoms with van der Waals surface area (Å²) in [6.07, 6.45) is 1.08. The van der Waals surface area contributed by atoms with Gasteiger partial charge in [-0.3, -0.25) is 16.6 Å². The first-order valence-corrected chi connectivity index (χ1v) is 5.09. The fourth-order valence-electron chi connectivity index (χ4n) is 1.59. The normalized spacial score (nSPS) is 22.3. The van der Waals surface area contributed by atoms with Gasteiger partial charge in [0.15, 0.2) is 0 Å². The molecule has 1 fully saturated rings. The van der Waals surface area contributed by atoms with Crippen molar-refractivity contribution in [3.8, 4) is 0 Å². The molecule has 0 saturated carbocycles. The van der Waals surface area contributed by atoms with Crippen LogP contribution in [0.3, 0.4) is 0 Å². The van der Waals surface area contributed by atoms with Crippen LogP contribution in [-0.4, -0.2) is 34.4 Å². The number of rotatable bonds is 1. The maximum absolute atomic E-state index is 11.7. The number of hydrazine groups is 2. The molecule has 6 nitrogen and oxygen atoms in total. The van der Waals surface area contributed by atoms with Crippen molar-refractivity contribution in [3.63, 3.8) is 0 Å². The van der Waals surface area contributed by atoms with Gasteiger partial charge in [0.2, 0.25) is 0 Å². The predicted molar refractivity (Wildman–Crippen MR) is 56.2 cm³/mol. The molecule has 1 heterocycles. The summed E-state index contributed by atoms with van der Waals surface area (Å²) < 4.78 is 5.25. The van der Waals surface area contributed by atoms with E-state index < -0.39 is 5.60 Å². The van der Waals surface area contributed by atoms with Gasteiger partial charge in [0, 0.05) is 6.54 Å². The Balaban J connectivity index is 2.59. The van der Waals surface area contributed by atoms with E-state index in [4.69, 9.17) is 16.4 Å². The second-order valence-corrected chi connectivity index (χ2v) is 4.74. The molecule has 4 N–H and O–H groups in total. The molecule has 0 aromatic heterocycles. The minimum Gasteiger partial charge on any atom is -0.444 e. The van der Waals surface area contributed by atoms with Gasteiger partial charge < -0.3 is 4.74 Å². The summed E-state index contributed by atoms with van der Waals surface area (Å²) >= 11 is 0. The number of carbonyl (C=O) groups is 1. The Hall–Kier alpha value is -0.850. The molecular weight excluding hydrogens is 196 g/mol. The number of likely N-dealkylation sites (tertiary alicyclic amines) is 1. The number of ether oxygens (including phenoxy) is 1. The average Bonchev–Trinajstić information content (AvgIpc) is 2.47. The molecular formula is C9H20N4O2. The summed E-state index contributed by atoms with van der Waals surface area (Å²) in [5.41, 5.74) is -0.488. The van der Waals surface area contributed by atoms with Crippen LogP contribution in [0.15, 0.2) is 0 Å². The molecule has 0 aromatic rings. The SMILES string of the molecule is CC(C)(C)OC(=O)N1CCC[C@@H]1N(N)N. The Morgan fingerprint density at radius 3 is 2.53 bits per heavy atom. The Morgan fingerprint density at radius 2 is 2.07 bits per heavy atom. The summed E-state index contributed by atoms with van der Waals surface area (Å²) in [7, 11) is 0. The fraction of sp³-hybridized carbons (Fsp3) is 0.889. The highest BCUT2D eigenvalue weighted by atomic mass is 16.6. The molecule has 1 aliphatic heterocycles. The first-order valence-electron chi connectivity index (χ1n) is 5.09. The van der Waals surface area contributed by atoms with E-state index in [9.17, 15) is 4.79 Å². The van der Waals surface area contributed by atoms with Gasteiger partial charge in [0.1, 0.15) is 11.8 Å². The van der Waals surface area contributed by atoms with Gasteiger partial charge in [-0.1, -0.05) is 0 Å². The highest BCUT2D eigenvalue weighted by molar-refractivity contribution is 5.68. The summed E-state index contributed by atoms with van der Waals surface area (Å²) in [5.74, 6) is 10.9. The molecule has 1 rings (SSSR count). The second-order valence-electron chi connectivity index (χ2n) is 4.74. The maximum Gasteiger partial charge on any atom is 0.411 e. The van der Waals surface area contributed by atoms with Crippen LogP contribution in [0.5, 0.6) is 0 Å². The van der Waals surface area contributed by atoms with Crippen LogP contribution >= 0.6 is 0 Å². The molecule has 0 aromatic carbocycles. The van der Waals surface area contributed by atoms with Crippen molar-refractivity contribution in [1.29, 1.82) is 0 Å². The van der Waals surface area contributed by atoms with Gasteiger partial charge in [-0.15, -0.1) is 0 Å². The van der Waals surface area contributed by atoms with Gasteiger partial charge >= 0.3 is 6.09 Å². The van der Waals surface area contributed by atoms with Crippen LogP contribution in [0.4, 0.5) is 4.79 Å². The number of nitrogens with two attached hydrogens (primary N) is 2. The topological polar surface area (TPSA) is 84.8 Å². The number of hydrogen-bond acceptors (Lipinski definition) is 5. The van der Waals surface area contributed by atoms with Crippen LogP contribution < -0.4 is 11.7 Å². The first kappa shape index (κ1) is 12.2. The van der Waals surface area contributed by atoms with E-state index in [0.29, 0.717) is 6.54 Å². The molecule has 0 bridgehead atoms. The predicted octanol–water partition coefficient (Wildman–Crippen LogP) is 0.393. The second kappa shape index (κ2) is 4.34. The number of carbonyl (C=O) groups excluding carboxylic acids is 1. The average molecular weight is 216 g/mol. The largest absolute Gasteiger partial charge is 0.444 e. The fourth-order valence-corrected chi connectivity index (χ4v) is 1.59. The summed E-state index contributed by atoms with van der Waals surface area (Å²) in [5, 5.41) is 1.07.